The Hall–Kier alpha value is -2.76. The van der Waals surface area contributed by atoms with Crippen molar-refractivity contribution in [2.75, 3.05) is 11.9 Å². The van der Waals surface area contributed by atoms with Crippen molar-refractivity contribution in [2.45, 2.75) is 20.4 Å². The lowest BCUT2D eigenvalue weighted by Crippen LogP contribution is -2.32. The minimum Gasteiger partial charge on any atom is -0.506 e. The zero-order valence-corrected chi connectivity index (χ0v) is 15.6. The number of carbonyl (C=O) groups is 1. The predicted molar refractivity (Wildman–Crippen MR) is 100 cm³/mol. The van der Waals surface area contributed by atoms with Crippen LogP contribution in [0.3, 0.4) is 0 Å². The first-order valence-corrected chi connectivity index (χ1v) is 8.88. The van der Waals surface area contributed by atoms with Gasteiger partial charge in [-0.25, -0.2) is 4.79 Å². The number of carbonyl (C=O) groups excluding carboxylic acids is 1. The third-order valence-electron chi connectivity index (χ3n) is 3.35. The number of ether oxygens (including phenoxy) is 1. The molecule has 0 aliphatic rings. The maximum atomic E-state index is 12.5. The van der Waals surface area contributed by atoms with Gasteiger partial charge in [0.15, 0.2) is 5.57 Å². The molecule has 0 saturated heterocycles. The molecule has 0 amide bonds. The number of aromatic nitrogens is 1. The fourth-order valence-electron chi connectivity index (χ4n) is 2.12. The van der Waals surface area contributed by atoms with E-state index in [1.807, 2.05) is 6.07 Å². The first-order chi connectivity index (χ1) is 12.4. The van der Waals surface area contributed by atoms with Crippen LogP contribution in [-0.4, -0.2) is 22.2 Å². The summed E-state index contributed by atoms with van der Waals surface area (Å²) in [4.78, 5) is 24.5. The third kappa shape index (κ3) is 4.07. The Morgan fingerprint density at radius 1 is 1.50 bits per heavy atom. The summed E-state index contributed by atoms with van der Waals surface area (Å²) in [6.07, 6.45) is 1.46. The van der Waals surface area contributed by atoms with Gasteiger partial charge in [0.2, 0.25) is 0 Å². The van der Waals surface area contributed by atoms with E-state index in [9.17, 15) is 20.0 Å². The molecule has 0 bridgehead atoms. The molecule has 1 aromatic heterocycles. The highest BCUT2D eigenvalue weighted by Gasteiger charge is 2.16. The lowest BCUT2D eigenvalue weighted by Gasteiger charge is -2.01. The topological polar surface area (TPSA) is 104 Å². The van der Waals surface area contributed by atoms with Crippen LogP contribution in [0.2, 0.25) is 5.02 Å². The Morgan fingerprint density at radius 2 is 2.23 bits per heavy atom. The number of anilines is 1. The van der Waals surface area contributed by atoms with E-state index in [0.717, 1.165) is 11.3 Å². The normalized spacial score (nSPS) is 12.5. The molecule has 7 nitrogen and oxygen atoms in total. The molecule has 9 heteroatoms. The highest BCUT2D eigenvalue weighted by Crippen LogP contribution is 2.25. The van der Waals surface area contributed by atoms with Crippen LogP contribution in [0.25, 0.3) is 11.8 Å². The molecule has 2 rings (SSSR count). The molecule has 0 atom stereocenters. The fourth-order valence-corrected chi connectivity index (χ4v) is 3.38. The molecule has 2 N–H and O–H groups in total. The van der Waals surface area contributed by atoms with Crippen LogP contribution >= 0.6 is 22.9 Å². The molecule has 2 aromatic rings. The summed E-state index contributed by atoms with van der Waals surface area (Å²) < 4.78 is 6.78. The number of hydrogen-bond donors (Lipinski definition) is 2. The van der Waals surface area contributed by atoms with Crippen molar-refractivity contribution in [3.05, 3.63) is 42.8 Å². The van der Waals surface area contributed by atoms with Crippen molar-refractivity contribution in [1.82, 2.24) is 4.57 Å². The van der Waals surface area contributed by atoms with Crippen LogP contribution in [0.4, 0.5) is 5.69 Å². The maximum Gasteiger partial charge on any atom is 0.351 e. The van der Waals surface area contributed by atoms with Crippen molar-refractivity contribution >= 4 is 46.4 Å². The van der Waals surface area contributed by atoms with E-state index >= 15 is 0 Å². The number of nitriles is 1. The molecule has 1 heterocycles. The van der Waals surface area contributed by atoms with Crippen LogP contribution in [-0.2, 0) is 16.1 Å². The molecule has 1 aromatic carbocycles. The summed E-state index contributed by atoms with van der Waals surface area (Å²) in [6.45, 7) is 3.82. The average molecular weight is 394 g/mol. The van der Waals surface area contributed by atoms with E-state index in [2.05, 4.69) is 5.32 Å². The number of nitrogens with one attached hydrogen (secondary N) is 1. The van der Waals surface area contributed by atoms with Crippen molar-refractivity contribution in [3.63, 3.8) is 0 Å². The van der Waals surface area contributed by atoms with E-state index in [1.165, 1.54) is 22.9 Å². The Balaban J connectivity index is 2.56. The third-order valence-corrected chi connectivity index (χ3v) is 4.78. The Labute approximate surface area is 158 Å². The monoisotopic (exact) mass is 393 g/mol. The quantitative estimate of drug-likeness (QED) is 0.587. The number of thiazole rings is 1. The van der Waals surface area contributed by atoms with Crippen LogP contribution in [0.5, 0.6) is 5.75 Å². The summed E-state index contributed by atoms with van der Waals surface area (Å²) in [5, 5.41) is 21.8. The van der Waals surface area contributed by atoms with E-state index in [-0.39, 0.29) is 33.2 Å². The van der Waals surface area contributed by atoms with E-state index < -0.39 is 5.97 Å². The zero-order valence-electron chi connectivity index (χ0n) is 14.1. The molecule has 0 fully saturated rings. The molecule has 0 aliphatic heterocycles. The number of hydrogen-bond acceptors (Lipinski definition) is 7. The van der Waals surface area contributed by atoms with Gasteiger partial charge in [-0.15, -0.1) is 11.3 Å². The van der Waals surface area contributed by atoms with Gasteiger partial charge in [0.1, 0.15) is 21.0 Å². The molecule has 0 radical (unpaired) electrons. The van der Waals surface area contributed by atoms with Gasteiger partial charge >= 0.3 is 5.97 Å². The summed E-state index contributed by atoms with van der Waals surface area (Å²) in [7, 11) is 0. The van der Waals surface area contributed by atoms with Gasteiger partial charge in [0, 0.05) is 18.4 Å². The average Bonchev–Trinajstić information content (AvgIpc) is 2.92. The molecular weight excluding hydrogens is 378 g/mol. The fraction of sp³-hybridized carbons (Fsp3) is 0.235. The Morgan fingerprint density at radius 3 is 2.81 bits per heavy atom. The van der Waals surface area contributed by atoms with Crippen molar-refractivity contribution in [2.24, 2.45) is 0 Å². The van der Waals surface area contributed by atoms with Gasteiger partial charge in [-0.1, -0.05) is 11.6 Å². The van der Waals surface area contributed by atoms with Gasteiger partial charge in [0.25, 0.3) is 5.56 Å². The van der Waals surface area contributed by atoms with E-state index in [1.54, 1.807) is 19.9 Å². The number of phenolic OH excluding ortho intramolecular Hbond substituents is 1. The summed E-state index contributed by atoms with van der Waals surface area (Å²) in [5.74, 6) is -0.810. The van der Waals surface area contributed by atoms with Crippen molar-refractivity contribution < 1.29 is 14.6 Å². The number of benzene rings is 1. The molecular formula is C17H16ClN3O4S. The SMILES string of the molecule is CCOC(=O)/C(C#N)=c1\s/c(=C/Nc2ccc(O)c(Cl)c2)c(=O)n1CC. The standard InChI is InChI=1S/C17H16ClN3O4S/c1-3-21-15(23)14(9-20-10-5-6-13(22)12(18)7-10)26-16(21)11(8-19)17(24)25-4-2/h5-7,9,20,22H,3-4H2,1-2H3/b14-9+,16-11-. The minimum absolute atomic E-state index is 0.0494. The Kier molecular flexibility index (Phi) is 6.44. The van der Waals surface area contributed by atoms with Crippen LogP contribution in [0.15, 0.2) is 23.0 Å². The molecule has 0 spiro atoms. The largest absolute Gasteiger partial charge is 0.506 e. The smallest absolute Gasteiger partial charge is 0.351 e. The van der Waals surface area contributed by atoms with E-state index in [4.69, 9.17) is 16.3 Å². The number of aromatic hydroxyl groups is 1. The molecule has 136 valence electrons. The lowest BCUT2D eigenvalue weighted by atomic mass is 10.3. The van der Waals surface area contributed by atoms with Gasteiger partial charge in [-0.3, -0.25) is 9.36 Å². The first kappa shape index (κ1) is 19.6. The number of phenols is 1. The molecule has 0 aliphatic carbocycles. The van der Waals surface area contributed by atoms with Crippen LogP contribution in [0.1, 0.15) is 13.8 Å². The number of nitrogens with zero attached hydrogens (tertiary/aromatic N) is 2. The number of rotatable bonds is 5. The van der Waals surface area contributed by atoms with Crippen LogP contribution < -0.4 is 20.1 Å². The second-order valence-corrected chi connectivity index (χ2v) is 6.42. The van der Waals surface area contributed by atoms with E-state index in [0.29, 0.717) is 16.8 Å². The highest BCUT2D eigenvalue weighted by atomic mass is 35.5. The second kappa shape index (κ2) is 8.56. The van der Waals surface area contributed by atoms with Crippen LogP contribution in [0, 0.1) is 11.3 Å². The minimum atomic E-state index is -0.761. The van der Waals surface area contributed by atoms with Crippen molar-refractivity contribution in [1.29, 1.82) is 5.26 Å². The predicted octanol–water partition coefficient (Wildman–Crippen LogP) is 1.38. The lowest BCUT2D eigenvalue weighted by molar-refractivity contribution is -0.136. The van der Waals surface area contributed by atoms with Gasteiger partial charge in [0.05, 0.1) is 11.6 Å². The van der Waals surface area contributed by atoms with Gasteiger partial charge in [-0.05, 0) is 32.0 Å². The highest BCUT2D eigenvalue weighted by molar-refractivity contribution is 7.07. The zero-order chi connectivity index (χ0) is 19.3. The molecule has 26 heavy (non-hydrogen) atoms. The Bertz CT molecular complexity index is 1050. The summed E-state index contributed by atoms with van der Waals surface area (Å²) >= 11 is 6.86. The number of halogens is 1. The second-order valence-electron chi connectivity index (χ2n) is 4.98. The summed E-state index contributed by atoms with van der Waals surface area (Å²) in [6, 6.07) is 6.34. The molecule has 0 unspecified atom stereocenters. The molecule has 0 saturated carbocycles. The van der Waals surface area contributed by atoms with Crippen molar-refractivity contribution in [3.8, 4) is 11.8 Å². The maximum absolute atomic E-state index is 12.5. The van der Waals surface area contributed by atoms with Gasteiger partial charge in [-0.2, -0.15) is 5.26 Å². The first-order valence-electron chi connectivity index (χ1n) is 7.69. The number of esters is 1. The van der Waals surface area contributed by atoms with Gasteiger partial charge < -0.3 is 15.2 Å². The summed E-state index contributed by atoms with van der Waals surface area (Å²) in [5.41, 5.74) is 0.0325.